The summed E-state index contributed by atoms with van der Waals surface area (Å²) in [6.07, 6.45) is 8.46. The van der Waals surface area contributed by atoms with Gasteiger partial charge in [0, 0.05) is 35.0 Å². The summed E-state index contributed by atoms with van der Waals surface area (Å²) in [6, 6.07) is 14.2. The van der Waals surface area contributed by atoms with Crippen LogP contribution in [0.5, 0.6) is 0 Å². The highest BCUT2D eigenvalue weighted by atomic mass is 35.5. The average Bonchev–Trinajstić information content (AvgIpc) is 3.02. The average molecular weight is 661 g/mol. The van der Waals surface area contributed by atoms with Crippen molar-refractivity contribution < 1.29 is 37.6 Å². The van der Waals surface area contributed by atoms with Crippen molar-refractivity contribution in [1.29, 1.82) is 0 Å². The summed E-state index contributed by atoms with van der Waals surface area (Å²) >= 11 is 5.93. The molecule has 10 nitrogen and oxygen atoms in total. The highest BCUT2D eigenvalue weighted by Crippen LogP contribution is 2.23. The van der Waals surface area contributed by atoms with E-state index in [9.17, 15) is 23.4 Å². The minimum atomic E-state index is -1.50. The van der Waals surface area contributed by atoms with Crippen molar-refractivity contribution in [2.45, 2.75) is 88.2 Å². The number of nitrogens with zero attached hydrogens (tertiary/aromatic N) is 2. The minimum Gasteiger partial charge on any atom is -0.431 e. The van der Waals surface area contributed by atoms with Crippen LogP contribution in [0.4, 0.5) is 4.79 Å². The predicted octanol–water partition coefficient (Wildman–Crippen LogP) is 5.97. The van der Waals surface area contributed by atoms with Gasteiger partial charge in [-0.2, -0.15) is 0 Å². The Morgan fingerprint density at radius 1 is 0.911 bits per heavy atom. The van der Waals surface area contributed by atoms with Crippen LogP contribution in [0.3, 0.4) is 0 Å². The molecule has 1 saturated carbocycles. The Morgan fingerprint density at radius 3 is 2.24 bits per heavy atom. The summed E-state index contributed by atoms with van der Waals surface area (Å²) in [6.45, 7) is 1.53. The van der Waals surface area contributed by atoms with E-state index < -0.39 is 35.0 Å². The Balaban J connectivity index is 1.13. The minimum absolute atomic E-state index is 0.128. The van der Waals surface area contributed by atoms with Gasteiger partial charge in [-0.05, 0) is 80.3 Å². The molecule has 2 aromatic carbocycles. The van der Waals surface area contributed by atoms with E-state index >= 15 is 0 Å². The number of hydrogen-bond acceptors (Lipinski definition) is 8. The number of esters is 1. The molecule has 0 spiro atoms. The molecule has 2 amide bonds. The molecular weight excluding hydrogens is 620 g/mol. The van der Waals surface area contributed by atoms with Crippen molar-refractivity contribution in [3.8, 4) is 0 Å². The van der Waals surface area contributed by atoms with Crippen molar-refractivity contribution in [2.24, 2.45) is 0 Å². The second-order valence-electron chi connectivity index (χ2n) is 11.4. The number of amides is 2. The Bertz CT molecular complexity index is 1330. The van der Waals surface area contributed by atoms with Gasteiger partial charge in [-0.1, -0.05) is 55.1 Å². The fraction of sp³-hybridized carbons (Fsp3) is 0.515. The van der Waals surface area contributed by atoms with E-state index in [2.05, 4.69) is 0 Å². The Morgan fingerprint density at radius 2 is 1.58 bits per heavy atom. The fourth-order valence-corrected chi connectivity index (χ4v) is 6.91. The number of aryl methyl sites for hydroxylation is 1. The molecule has 0 bridgehead atoms. The van der Waals surface area contributed by atoms with Crippen LogP contribution in [0.1, 0.15) is 86.2 Å². The molecule has 244 valence electrons. The normalized spacial score (nSPS) is 17.2. The molecule has 2 fully saturated rings. The van der Waals surface area contributed by atoms with Gasteiger partial charge >= 0.3 is 12.1 Å². The second-order valence-corrected chi connectivity index (χ2v) is 13.4. The van der Waals surface area contributed by atoms with E-state index in [0.29, 0.717) is 12.1 Å². The third-order valence-corrected chi connectivity index (χ3v) is 9.88. The van der Waals surface area contributed by atoms with Crippen LogP contribution in [-0.4, -0.2) is 69.4 Å². The molecule has 2 aliphatic rings. The van der Waals surface area contributed by atoms with E-state index in [1.165, 1.54) is 34.6 Å². The second kappa shape index (κ2) is 17.3. The van der Waals surface area contributed by atoms with Crippen molar-refractivity contribution >= 4 is 46.3 Å². The van der Waals surface area contributed by atoms with Crippen molar-refractivity contribution in [3.63, 3.8) is 0 Å². The number of unbranched alkanes of at least 4 members (excludes halogenated alkanes) is 3. The van der Waals surface area contributed by atoms with Crippen LogP contribution in [0.25, 0.3) is 0 Å². The number of rotatable bonds is 15. The molecule has 1 saturated heterocycles. The van der Waals surface area contributed by atoms with E-state index in [1.807, 2.05) is 24.3 Å². The standard InChI is InChI=1S/C33H41ClN2O8S/c1-24(37)35(20-8-3-2-5-9-25-14-18-28(34)19-15-25)36-21-30(31(36)38)45(41)22-26-12-16-27(17-13-26)32(39)42-23-43-33(40)44-29-10-6-4-7-11-29/h12-19,29-30H,2-11,20-23H2,1H3. The first-order chi connectivity index (χ1) is 21.7. The Kier molecular flexibility index (Phi) is 13.2. The van der Waals surface area contributed by atoms with Crippen LogP contribution < -0.4 is 0 Å². The maximum Gasteiger partial charge on any atom is 0.511 e. The van der Waals surface area contributed by atoms with Gasteiger partial charge in [0.1, 0.15) is 11.4 Å². The number of carbonyl (C=O) groups excluding carboxylic acids is 4. The number of hydrazine groups is 1. The highest BCUT2D eigenvalue weighted by molar-refractivity contribution is 7.85. The number of carbonyl (C=O) groups is 4. The highest BCUT2D eigenvalue weighted by Gasteiger charge is 2.44. The maximum absolute atomic E-state index is 13.0. The molecule has 0 radical (unpaired) electrons. The first-order valence-corrected chi connectivity index (χ1v) is 17.3. The van der Waals surface area contributed by atoms with Gasteiger partial charge in [0.15, 0.2) is 0 Å². The molecule has 12 heteroatoms. The monoisotopic (exact) mass is 660 g/mol. The van der Waals surface area contributed by atoms with Gasteiger partial charge in [0.05, 0.1) is 12.1 Å². The van der Waals surface area contributed by atoms with Crippen LogP contribution >= 0.6 is 11.6 Å². The zero-order valence-electron chi connectivity index (χ0n) is 25.6. The smallest absolute Gasteiger partial charge is 0.431 e. The largest absolute Gasteiger partial charge is 0.511 e. The van der Waals surface area contributed by atoms with Gasteiger partial charge in [0.25, 0.3) is 5.91 Å². The van der Waals surface area contributed by atoms with Crippen molar-refractivity contribution in [3.05, 3.63) is 70.2 Å². The number of hydrogen-bond donors (Lipinski definition) is 0. The van der Waals surface area contributed by atoms with Crippen LogP contribution in [0.15, 0.2) is 48.5 Å². The van der Waals surface area contributed by atoms with Gasteiger partial charge in [-0.25, -0.2) is 14.6 Å². The summed E-state index contributed by atoms with van der Waals surface area (Å²) in [5.41, 5.74) is 2.16. The van der Waals surface area contributed by atoms with E-state index in [0.717, 1.165) is 69.2 Å². The first kappa shape index (κ1) is 34.4. The molecule has 1 aliphatic carbocycles. The topological polar surface area (TPSA) is 120 Å². The Hall–Kier alpha value is -3.44. The lowest BCUT2D eigenvalue weighted by molar-refractivity contribution is -0.173. The summed E-state index contributed by atoms with van der Waals surface area (Å²) in [5.74, 6) is -1.09. The quantitative estimate of drug-likeness (QED) is 0.0993. The Labute approximate surface area is 271 Å². The molecule has 0 N–H and O–H groups in total. The summed E-state index contributed by atoms with van der Waals surface area (Å²) in [4.78, 5) is 49.2. The molecular formula is C33H41ClN2O8S. The van der Waals surface area contributed by atoms with Gasteiger partial charge in [0.2, 0.25) is 12.7 Å². The molecule has 2 unspecified atom stereocenters. The number of benzene rings is 2. The fourth-order valence-electron chi connectivity index (χ4n) is 5.40. The molecule has 4 rings (SSSR count). The van der Waals surface area contributed by atoms with Crippen LogP contribution in [0, 0.1) is 0 Å². The molecule has 45 heavy (non-hydrogen) atoms. The van der Waals surface area contributed by atoms with Crippen molar-refractivity contribution in [2.75, 3.05) is 19.9 Å². The predicted molar refractivity (Wildman–Crippen MR) is 170 cm³/mol. The SMILES string of the molecule is CC(=O)N(CCCCCCc1ccc(Cl)cc1)N1CC(S(=O)Cc2ccc(C(=O)OCOC(=O)OC3CCCCC3)cc2)C1=O. The van der Waals surface area contributed by atoms with Gasteiger partial charge < -0.3 is 14.2 Å². The zero-order chi connectivity index (χ0) is 32.2. The van der Waals surface area contributed by atoms with Crippen LogP contribution in [0.2, 0.25) is 5.02 Å². The summed E-state index contributed by atoms with van der Waals surface area (Å²) < 4.78 is 28.1. The third kappa shape index (κ3) is 10.6. The molecule has 1 heterocycles. The lowest BCUT2D eigenvalue weighted by Gasteiger charge is -2.44. The first-order valence-electron chi connectivity index (χ1n) is 15.5. The van der Waals surface area contributed by atoms with Crippen LogP contribution in [-0.2, 0) is 46.8 Å². The molecule has 2 atom stereocenters. The maximum atomic E-state index is 13.0. The van der Waals surface area contributed by atoms with E-state index in [1.54, 1.807) is 12.1 Å². The van der Waals surface area contributed by atoms with Gasteiger partial charge in [-0.3, -0.25) is 18.8 Å². The zero-order valence-corrected chi connectivity index (χ0v) is 27.2. The lowest BCUT2D eigenvalue weighted by Crippen LogP contribution is -2.65. The molecule has 0 aromatic heterocycles. The molecule has 1 aliphatic heterocycles. The number of halogens is 1. The number of ether oxygens (including phenoxy) is 3. The van der Waals surface area contributed by atoms with Gasteiger partial charge in [-0.15, -0.1) is 0 Å². The molecule has 2 aromatic rings. The van der Waals surface area contributed by atoms with Crippen molar-refractivity contribution in [1.82, 2.24) is 10.0 Å². The lowest BCUT2D eigenvalue weighted by atomic mass is 9.98. The van der Waals surface area contributed by atoms with E-state index in [-0.39, 0.29) is 35.8 Å². The van der Waals surface area contributed by atoms with E-state index in [4.69, 9.17) is 25.8 Å². The number of β-lactam (4-membered cyclic amide) rings is 1. The summed E-state index contributed by atoms with van der Waals surface area (Å²) in [7, 11) is -1.50. The third-order valence-electron chi connectivity index (χ3n) is 8.02. The summed E-state index contributed by atoms with van der Waals surface area (Å²) in [5, 5.41) is 2.88.